The number of rotatable bonds is 5. The maximum atomic E-state index is 10.4. The van der Waals surface area contributed by atoms with Crippen LogP contribution in [0.2, 0.25) is 0 Å². The van der Waals surface area contributed by atoms with E-state index in [1.807, 2.05) is 30.3 Å². The molecule has 0 amide bonds. The Morgan fingerprint density at radius 3 is 2.83 bits per heavy atom. The standard InChI is InChI=1S/C16H21N3O3.2ClH/c20-16(10-17-6-7-21-12-16)11-18-8-14-9-22-15(19-14)13-4-2-1-3-5-13;;/h1-5,9,17-18,20H,6-8,10-12H2;2*1H. The number of β-amino-alcohol motifs (C(OH)–C–C–N with tert-alkyl or cyclic N) is 1. The van der Waals surface area contributed by atoms with Crippen LogP contribution < -0.4 is 10.6 Å². The van der Waals surface area contributed by atoms with Crippen LogP contribution in [0.4, 0.5) is 0 Å². The number of halogens is 2. The Labute approximate surface area is 153 Å². The lowest BCUT2D eigenvalue weighted by molar-refractivity contribution is -0.0264. The van der Waals surface area contributed by atoms with Crippen LogP contribution in [0.15, 0.2) is 41.0 Å². The molecule has 0 bridgehead atoms. The van der Waals surface area contributed by atoms with Crippen LogP contribution in [0, 0.1) is 0 Å². The summed E-state index contributed by atoms with van der Waals surface area (Å²) in [4.78, 5) is 4.45. The fourth-order valence-electron chi connectivity index (χ4n) is 2.42. The molecule has 1 atom stereocenters. The number of aliphatic hydroxyl groups is 1. The summed E-state index contributed by atoms with van der Waals surface area (Å²) in [5, 5.41) is 16.8. The molecule has 1 unspecified atom stereocenters. The van der Waals surface area contributed by atoms with E-state index in [1.54, 1.807) is 6.26 Å². The summed E-state index contributed by atoms with van der Waals surface area (Å²) in [6.45, 7) is 3.24. The van der Waals surface area contributed by atoms with Gasteiger partial charge in [0.25, 0.3) is 0 Å². The number of hydrogen-bond donors (Lipinski definition) is 3. The van der Waals surface area contributed by atoms with Crippen molar-refractivity contribution in [3.05, 3.63) is 42.3 Å². The smallest absolute Gasteiger partial charge is 0.226 e. The van der Waals surface area contributed by atoms with Crippen LogP contribution in [0.1, 0.15) is 5.69 Å². The molecule has 0 saturated carbocycles. The third-order valence-corrected chi connectivity index (χ3v) is 3.58. The lowest BCUT2D eigenvalue weighted by Gasteiger charge is -2.25. The Bertz CT molecular complexity index is 587. The molecule has 1 aliphatic rings. The Morgan fingerprint density at radius 1 is 1.25 bits per heavy atom. The molecule has 3 N–H and O–H groups in total. The average molecular weight is 376 g/mol. The quantitative estimate of drug-likeness (QED) is 0.736. The molecule has 6 nitrogen and oxygen atoms in total. The van der Waals surface area contributed by atoms with Gasteiger partial charge >= 0.3 is 0 Å². The van der Waals surface area contributed by atoms with Crippen molar-refractivity contribution in [2.75, 3.05) is 32.8 Å². The van der Waals surface area contributed by atoms with Crippen LogP contribution in [0.3, 0.4) is 0 Å². The SMILES string of the molecule is Cl.Cl.OC1(CNCc2coc(-c3ccccc3)n2)CNCCOC1. The van der Waals surface area contributed by atoms with E-state index in [2.05, 4.69) is 15.6 Å². The highest BCUT2D eigenvalue weighted by molar-refractivity contribution is 5.85. The maximum Gasteiger partial charge on any atom is 0.226 e. The molecule has 0 aliphatic carbocycles. The summed E-state index contributed by atoms with van der Waals surface area (Å²) >= 11 is 0. The van der Waals surface area contributed by atoms with E-state index >= 15 is 0 Å². The van der Waals surface area contributed by atoms with Crippen LogP contribution in [0.25, 0.3) is 11.5 Å². The van der Waals surface area contributed by atoms with Crippen molar-refractivity contribution >= 4 is 24.8 Å². The van der Waals surface area contributed by atoms with Gasteiger partial charge < -0.3 is 24.9 Å². The number of hydrogen-bond acceptors (Lipinski definition) is 6. The second-order valence-corrected chi connectivity index (χ2v) is 5.57. The molecule has 8 heteroatoms. The molecule has 1 aromatic heterocycles. The molecule has 134 valence electrons. The van der Waals surface area contributed by atoms with Crippen molar-refractivity contribution in [1.82, 2.24) is 15.6 Å². The predicted octanol–water partition coefficient (Wildman–Crippen LogP) is 1.63. The van der Waals surface area contributed by atoms with E-state index < -0.39 is 5.60 Å². The van der Waals surface area contributed by atoms with Crippen molar-refractivity contribution in [3.8, 4) is 11.5 Å². The zero-order valence-electron chi connectivity index (χ0n) is 13.2. The largest absolute Gasteiger partial charge is 0.444 e. The highest BCUT2D eigenvalue weighted by Gasteiger charge is 2.28. The molecule has 1 aromatic carbocycles. The van der Waals surface area contributed by atoms with Gasteiger partial charge in [0.2, 0.25) is 5.89 Å². The first-order chi connectivity index (χ1) is 10.8. The number of oxazole rings is 1. The van der Waals surface area contributed by atoms with Gasteiger partial charge in [0.15, 0.2) is 0 Å². The van der Waals surface area contributed by atoms with E-state index in [4.69, 9.17) is 9.15 Å². The monoisotopic (exact) mass is 375 g/mol. The number of nitrogens with one attached hydrogen (secondary N) is 2. The van der Waals surface area contributed by atoms with E-state index in [0.29, 0.717) is 38.7 Å². The lowest BCUT2D eigenvalue weighted by atomic mass is 10.1. The summed E-state index contributed by atoms with van der Waals surface area (Å²) in [5.74, 6) is 0.607. The van der Waals surface area contributed by atoms with Crippen molar-refractivity contribution in [2.45, 2.75) is 12.1 Å². The predicted molar refractivity (Wildman–Crippen MR) is 96.8 cm³/mol. The minimum Gasteiger partial charge on any atom is -0.444 e. The minimum absolute atomic E-state index is 0. The van der Waals surface area contributed by atoms with Gasteiger partial charge in [-0.2, -0.15) is 0 Å². The molecule has 1 aliphatic heterocycles. The molecule has 2 aromatic rings. The van der Waals surface area contributed by atoms with Crippen molar-refractivity contribution < 1.29 is 14.3 Å². The summed E-state index contributed by atoms with van der Waals surface area (Å²) in [5.41, 5.74) is 0.876. The maximum absolute atomic E-state index is 10.4. The molecule has 2 heterocycles. The molecule has 0 radical (unpaired) electrons. The van der Waals surface area contributed by atoms with Crippen LogP contribution in [-0.4, -0.2) is 48.5 Å². The lowest BCUT2D eigenvalue weighted by Crippen LogP contribution is -2.50. The number of nitrogens with zero attached hydrogens (tertiary/aromatic N) is 1. The van der Waals surface area contributed by atoms with Gasteiger partial charge in [-0.1, -0.05) is 18.2 Å². The molecular formula is C16H23Cl2N3O3. The number of ether oxygens (including phenoxy) is 1. The molecule has 0 spiro atoms. The van der Waals surface area contributed by atoms with Crippen LogP contribution >= 0.6 is 24.8 Å². The average Bonchev–Trinajstić information content (AvgIpc) is 2.90. The summed E-state index contributed by atoms with van der Waals surface area (Å²) < 4.78 is 10.9. The molecule has 24 heavy (non-hydrogen) atoms. The fraction of sp³-hybridized carbons (Fsp3) is 0.438. The zero-order chi connectivity index (χ0) is 15.3. The van der Waals surface area contributed by atoms with Gasteiger partial charge in [-0.15, -0.1) is 24.8 Å². The summed E-state index contributed by atoms with van der Waals surface area (Å²) in [6.07, 6.45) is 1.64. The van der Waals surface area contributed by atoms with Gasteiger partial charge in [-0.3, -0.25) is 0 Å². The van der Waals surface area contributed by atoms with Crippen LogP contribution in [-0.2, 0) is 11.3 Å². The van der Waals surface area contributed by atoms with Gasteiger partial charge in [-0.25, -0.2) is 4.98 Å². The van der Waals surface area contributed by atoms with Crippen molar-refractivity contribution in [3.63, 3.8) is 0 Å². The van der Waals surface area contributed by atoms with Gasteiger partial charge in [0.05, 0.1) is 18.9 Å². The number of aromatic nitrogens is 1. The van der Waals surface area contributed by atoms with Gasteiger partial charge in [0.1, 0.15) is 11.9 Å². The number of benzene rings is 1. The van der Waals surface area contributed by atoms with Gasteiger partial charge in [-0.05, 0) is 12.1 Å². The molecule has 1 saturated heterocycles. The second-order valence-electron chi connectivity index (χ2n) is 5.57. The van der Waals surface area contributed by atoms with Crippen LogP contribution in [0.5, 0.6) is 0 Å². The molecule has 1 fully saturated rings. The van der Waals surface area contributed by atoms with Gasteiger partial charge in [0, 0.05) is 31.7 Å². The zero-order valence-corrected chi connectivity index (χ0v) is 14.9. The Hall–Kier alpha value is -1.15. The Kier molecular flexibility index (Phi) is 8.69. The summed E-state index contributed by atoms with van der Waals surface area (Å²) in [7, 11) is 0. The van der Waals surface area contributed by atoms with E-state index in [0.717, 1.165) is 17.8 Å². The topological polar surface area (TPSA) is 79.5 Å². The Balaban J connectivity index is 0.00000144. The van der Waals surface area contributed by atoms with E-state index in [-0.39, 0.29) is 24.8 Å². The van der Waals surface area contributed by atoms with E-state index in [9.17, 15) is 5.11 Å². The van der Waals surface area contributed by atoms with E-state index in [1.165, 1.54) is 0 Å². The minimum atomic E-state index is -0.886. The first-order valence-corrected chi connectivity index (χ1v) is 7.47. The first-order valence-electron chi connectivity index (χ1n) is 7.47. The second kappa shape index (κ2) is 9.98. The third-order valence-electron chi connectivity index (χ3n) is 3.58. The summed E-state index contributed by atoms with van der Waals surface area (Å²) in [6, 6.07) is 9.77. The fourth-order valence-corrected chi connectivity index (χ4v) is 2.42. The molecular weight excluding hydrogens is 353 g/mol. The van der Waals surface area contributed by atoms with Crippen molar-refractivity contribution in [2.24, 2.45) is 0 Å². The first kappa shape index (κ1) is 20.9. The molecule has 3 rings (SSSR count). The highest BCUT2D eigenvalue weighted by atomic mass is 35.5. The van der Waals surface area contributed by atoms with Crippen molar-refractivity contribution in [1.29, 1.82) is 0 Å². The third kappa shape index (κ3) is 5.73. The highest BCUT2D eigenvalue weighted by Crippen LogP contribution is 2.17. The normalized spacial score (nSPS) is 20.5. The Morgan fingerprint density at radius 2 is 2.04 bits per heavy atom.